The molecule has 0 atom stereocenters. The topological polar surface area (TPSA) is 49.8 Å². The summed E-state index contributed by atoms with van der Waals surface area (Å²) in [6.45, 7) is 4.57. The monoisotopic (exact) mass is 251 g/mol. The Morgan fingerprint density at radius 1 is 1.39 bits per heavy atom. The normalized spacial score (nSPS) is 11.8. The lowest BCUT2D eigenvalue weighted by Gasteiger charge is -2.31. The van der Waals surface area contributed by atoms with Gasteiger partial charge in [0.15, 0.2) is 0 Å². The van der Waals surface area contributed by atoms with Crippen molar-refractivity contribution in [2.75, 3.05) is 14.2 Å². The first-order valence-electron chi connectivity index (χ1n) is 5.89. The number of nitrogens with zero attached hydrogens (tertiary/aromatic N) is 1. The molecule has 1 aromatic rings. The zero-order valence-electron chi connectivity index (χ0n) is 11.4. The minimum absolute atomic E-state index is 0.569. The third kappa shape index (κ3) is 3.55. The molecule has 0 fully saturated rings. The van der Waals surface area contributed by atoms with E-state index in [1.807, 2.05) is 36.2 Å². The van der Waals surface area contributed by atoms with Crippen molar-refractivity contribution in [3.05, 3.63) is 35.4 Å². The van der Waals surface area contributed by atoms with Crippen LogP contribution in [0.1, 0.15) is 25.0 Å². The summed E-state index contributed by atoms with van der Waals surface area (Å²) in [6, 6.07) is 7.99. The van der Waals surface area contributed by atoms with Gasteiger partial charge < -0.3 is 9.84 Å². The van der Waals surface area contributed by atoms with Crippen molar-refractivity contribution in [3.63, 3.8) is 0 Å². The quantitative estimate of drug-likeness (QED) is 0.841. The predicted octanol–water partition coefficient (Wildman–Crippen LogP) is 2.13. The molecule has 0 radical (unpaired) electrons. The molecular formula is C14H21NO3. The summed E-state index contributed by atoms with van der Waals surface area (Å²) in [5.41, 5.74) is 1.30. The van der Waals surface area contributed by atoms with Crippen LogP contribution in [0.2, 0.25) is 0 Å². The molecule has 4 nitrogen and oxygen atoms in total. The molecular weight excluding hydrogens is 230 g/mol. The first kappa shape index (κ1) is 14.7. The number of carboxylic acids is 1. The second-order valence-electron chi connectivity index (χ2n) is 4.97. The first-order chi connectivity index (χ1) is 8.37. The van der Waals surface area contributed by atoms with Crippen LogP contribution in [0.5, 0.6) is 0 Å². The minimum Gasteiger partial charge on any atom is -0.480 e. The number of benzene rings is 1. The maximum Gasteiger partial charge on any atom is 0.323 e. The minimum atomic E-state index is -0.878. The fourth-order valence-corrected chi connectivity index (χ4v) is 1.62. The van der Waals surface area contributed by atoms with Crippen molar-refractivity contribution in [2.45, 2.75) is 32.5 Å². The highest BCUT2D eigenvalue weighted by Gasteiger charge is 2.31. The van der Waals surface area contributed by atoms with Gasteiger partial charge in [-0.05, 0) is 32.0 Å². The fraction of sp³-hybridized carbons (Fsp3) is 0.500. The molecule has 0 aliphatic carbocycles. The molecule has 0 aromatic heterocycles. The third-order valence-electron chi connectivity index (χ3n) is 3.20. The largest absolute Gasteiger partial charge is 0.480 e. The zero-order chi connectivity index (χ0) is 13.8. The predicted molar refractivity (Wildman–Crippen MR) is 70.3 cm³/mol. The van der Waals surface area contributed by atoms with Gasteiger partial charge in [-0.2, -0.15) is 0 Å². The van der Waals surface area contributed by atoms with Crippen molar-refractivity contribution < 1.29 is 14.6 Å². The summed E-state index contributed by atoms with van der Waals surface area (Å²) in [5, 5.41) is 9.17. The molecule has 0 spiro atoms. The van der Waals surface area contributed by atoms with Crippen molar-refractivity contribution in [1.29, 1.82) is 0 Å². The number of ether oxygens (including phenoxy) is 1. The lowest BCUT2D eigenvalue weighted by atomic mass is 10.0. The molecule has 0 bridgehead atoms. The Kier molecular flexibility index (Phi) is 4.87. The maximum absolute atomic E-state index is 11.2. The molecule has 0 heterocycles. The number of hydrogen-bond acceptors (Lipinski definition) is 3. The van der Waals surface area contributed by atoms with E-state index in [1.165, 1.54) is 0 Å². The van der Waals surface area contributed by atoms with Gasteiger partial charge in [-0.1, -0.05) is 24.3 Å². The number of hydrogen-bond donors (Lipinski definition) is 1. The molecule has 0 aliphatic heterocycles. The van der Waals surface area contributed by atoms with Crippen LogP contribution in [0, 0.1) is 0 Å². The van der Waals surface area contributed by atoms with E-state index >= 15 is 0 Å². The van der Waals surface area contributed by atoms with E-state index in [1.54, 1.807) is 21.0 Å². The Balaban J connectivity index is 2.78. The highest BCUT2D eigenvalue weighted by atomic mass is 16.5. The van der Waals surface area contributed by atoms with Gasteiger partial charge in [0.05, 0.1) is 6.61 Å². The lowest BCUT2D eigenvalue weighted by molar-refractivity contribution is -0.148. The maximum atomic E-state index is 11.2. The second kappa shape index (κ2) is 5.98. The van der Waals surface area contributed by atoms with E-state index in [-0.39, 0.29) is 0 Å². The summed E-state index contributed by atoms with van der Waals surface area (Å²) >= 11 is 0. The average molecular weight is 251 g/mol. The Labute approximate surface area is 108 Å². The number of aliphatic carboxylic acids is 1. The molecule has 18 heavy (non-hydrogen) atoms. The molecule has 0 unspecified atom stereocenters. The number of rotatable bonds is 6. The highest BCUT2D eigenvalue weighted by molar-refractivity contribution is 5.77. The van der Waals surface area contributed by atoms with Crippen LogP contribution in [0.4, 0.5) is 0 Å². The van der Waals surface area contributed by atoms with Gasteiger partial charge >= 0.3 is 5.97 Å². The van der Waals surface area contributed by atoms with E-state index in [9.17, 15) is 4.79 Å². The van der Waals surface area contributed by atoms with Crippen LogP contribution in [-0.2, 0) is 22.7 Å². The van der Waals surface area contributed by atoms with Crippen molar-refractivity contribution in [1.82, 2.24) is 4.90 Å². The molecule has 1 N–H and O–H groups in total. The third-order valence-corrected chi connectivity index (χ3v) is 3.20. The molecule has 0 amide bonds. The van der Waals surface area contributed by atoms with Crippen LogP contribution in [0.3, 0.4) is 0 Å². The molecule has 100 valence electrons. The number of methoxy groups -OCH3 is 1. The van der Waals surface area contributed by atoms with E-state index in [0.717, 1.165) is 11.1 Å². The van der Waals surface area contributed by atoms with Crippen molar-refractivity contribution >= 4 is 5.97 Å². The van der Waals surface area contributed by atoms with Gasteiger partial charge in [-0.3, -0.25) is 9.69 Å². The summed E-state index contributed by atoms with van der Waals surface area (Å²) in [7, 11) is 3.48. The van der Waals surface area contributed by atoms with Crippen LogP contribution < -0.4 is 0 Å². The summed E-state index contributed by atoms with van der Waals surface area (Å²) in [4.78, 5) is 13.0. The molecule has 0 saturated heterocycles. The molecule has 4 heteroatoms. The average Bonchev–Trinajstić information content (AvgIpc) is 2.29. The SMILES string of the molecule is COCc1cccc(CN(C)C(C)(C)C(=O)O)c1. The van der Waals surface area contributed by atoms with E-state index < -0.39 is 11.5 Å². The second-order valence-corrected chi connectivity index (χ2v) is 4.97. The summed E-state index contributed by atoms with van der Waals surface area (Å²) in [5.74, 6) is -0.821. The van der Waals surface area contributed by atoms with Gasteiger partial charge in [-0.15, -0.1) is 0 Å². The number of likely N-dealkylation sites (N-methyl/N-ethyl adjacent to an activating group) is 1. The Hall–Kier alpha value is -1.39. The number of carbonyl (C=O) groups is 1. The van der Waals surface area contributed by atoms with Crippen LogP contribution in [0.15, 0.2) is 24.3 Å². The molecule has 1 rings (SSSR count). The molecule has 0 aliphatic rings. The zero-order valence-corrected chi connectivity index (χ0v) is 11.4. The Morgan fingerprint density at radius 2 is 2.00 bits per heavy atom. The standard InChI is InChI=1S/C14H21NO3/c1-14(2,13(16)17)15(3)9-11-6-5-7-12(8-11)10-18-4/h5-8H,9-10H2,1-4H3,(H,16,17). The van der Waals surface area contributed by atoms with Crippen molar-refractivity contribution in [3.8, 4) is 0 Å². The van der Waals surface area contributed by atoms with Gasteiger partial charge in [0.1, 0.15) is 5.54 Å². The van der Waals surface area contributed by atoms with E-state index in [4.69, 9.17) is 9.84 Å². The van der Waals surface area contributed by atoms with Gasteiger partial charge in [0.25, 0.3) is 0 Å². The molecule has 0 saturated carbocycles. The lowest BCUT2D eigenvalue weighted by Crippen LogP contribution is -2.47. The Morgan fingerprint density at radius 3 is 2.56 bits per heavy atom. The van der Waals surface area contributed by atoms with E-state index in [0.29, 0.717) is 13.2 Å². The van der Waals surface area contributed by atoms with Crippen LogP contribution in [0.25, 0.3) is 0 Å². The van der Waals surface area contributed by atoms with Crippen LogP contribution >= 0.6 is 0 Å². The Bertz CT molecular complexity index is 415. The molecule has 1 aromatic carbocycles. The van der Waals surface area contributed by atoms with Crippen molar-refractivity contribution in [2.24, 2.45) is 0 Å². The fourth-order valence-electron chi connectivity index (χ4n) is 1.62. The first-order valence-corrected chi connectivity index (χ1v) is 5.89. The highest BCUT2D eigenvalue weighted by Crippen LogP contribution is 2.17. The van der Waals surface area contributed by atoms with E-state index in [2.05, 4.69) is 0 Å². The summed E-state index contributed by atoms with van der Waals surface area (Å²) in [6.07, 6.45) is 0. The number of carboxylic acid groups (broad SMARTS) is 1. The van der Waals surface area contributed by atoms with Gasteiger partial charge in [0, 0.05) is 13.7 Å². The van der Waals surface area contributed by atoms with Crippen LogP contribution in [-0.4, -0.2) is 35.7 Å². The smallest absolute Gasteiger partial charge is 0.323 e. The van der Waals surface area contributed by atoms with Gasteiger partial charge in [0.2, 0.25) is 0 Å². The van der Waals surface area contributed by atoms with Gasteiger partial charge in [-0.25, -0.2) is 0 Å². The summed E-state index contributed by atoms with van der Waals surface area (Å²) < 4.78 is 5.09.